The van der Waals surface area contributed by atoms with Crippen LogP contribution >= 0.6 is 11.3 Å². The van der Waals surface area contributed by atoms with Gasteiger partial charge in [-0.25, -0.2) is 9.37 Å². The Morgan fingerprint density at radius 3 is 2.77 bits per heavy atom. The van der Waals surface area contributed by atoms with Crippen molar-refractivity contribution in [3.05, 3.63) is 53.0 Å². The summed E-state index contributed by atoms with van der Waals surface area (Å²) in [6, 6.07) is 6.55. The van der Waals surface area contributed by atoms with Gasteiger partial charge in [0.1, 0.15) is 18.1 Å². The molecule has 1 saturated heterocycles. The molecule has 3 aromatic heterocycles. The number of hydrogen-bond donors (Lipinski definition) is 1. The molecule has 12 heteroatoms. The Morgan fingerprint density at radius 1 is 1.17 bits per heavy atom. The summed E-state index contributed by atoms with van der Waals surface area (Å²) in [4.78, 5) is 7.39. The zero-order valence-electron chi connectivity index (χ0n) is 18.9. The van der Waals surface area contributed by atoms with Crippen molar-refractivity contribution in [2.45, 2.75) is 6.92 Å². The number of aromatic nitrogens is 5. The van der Waals surface area contributed by atoms with Gasteiger partial charge in [-0.15, -0.1) is 16.4 Å². The quantitative estimate of drug-likeness (QED) is 0.413. The van der Waals surface area contributed by atoms with Crippen LogP contribution in [0.5, 0.6) is 5.75 Å². The van der Waals surface area contributed by atoms with Crippen LogP contribution in [0, 0.1) is 18.6 Å². The van der Waals surface area contributed by atoms with Gasteiger partial charge >= 0.3 is 0 Å². The number of aryl methyl sites for hydroxylation is 1. The first-order valence-electron chi connectivity index (χ1n) is 11.0. The van der Waals surface area contributed by atoms with E-state index in [0.29, 0.717) is 25.3 Å². The van der Waals surface area contributed by atoms with Crippen molar-refractivity contribution in [2.24, 2.45) is 0 Å². The van der Waals surface area contributed by atoms with Crippen LogP contribution in [0.25, 0.3) is 27.5 Å². The number of nitrogens with zero attached hydrogens (tertiary/aromatic N) is 6. The third-order valence-electron chi connectivity index (χ3n) is 5.67. The molecule has 35 heavy (non-hydrogen) atoms. The number of tetrazole rings is 1. The van der Waals surface area contributed by atoms with Crippen molar-refractivity contribution in [2.75, 3.05) is 45.2 Å². The Kier molecular flexibility index (Phi) is 6.66. The number of thiophene rings is 1. The van der Waals surface area contributed by atoms with E-state index in [1.54, 1.807) is 23.6 Å². The van der Waals surface area contributed by atoms with Gasteiger partial charge in [0, 0.05) is 36.3 Å². The van der Waals surface area contributed by atoms with E-state index in [-0.39, 0.29) is 29.7 Å². The molecule has 1 aromatic carbocycles. The first kappa shape index (κ1) is 23.3. The van der Waals surface area contributed by atoms with Crippen LogP contribution in [0.3, 0.4) is 0 Å². The zero-order chi connectivity index (χ0) is 24.4. The number of halogens is 2. The van der Waals surface area contributed by atoms with E-state index in [1.807, 2.05) is 18.4 Å². The van der Waals surface area contributed by atoms with Gasteiger partial charge in [0.15, 0.2) is 17.4 Å². The average molecular weight is 500 g/mol. The van der Waals surface area contributed by atoms with E-state index in [1.165, 1.54) is 12.1 Å². The summed E-state index contributed by atoms with van der Waals surface area (Å²) in [6.07, 6.45) is 1.65. The molecule has 0 unspecified atom stereocenters. The molecular formula is C23H23F2N7O2S. The van der Waals surface area contributed by atoms with E-state index in [2.05, 4.69) is 25.4 Å². The molecule has 0 atom stereocenters. The minimum Gasteiger partial charge on any atom is -0.489 e. The summed E-state index contributed by atoms with van der Waals surface area (Å²) in [6.45, 7) is 5.70. The van der Waals surface area contributed by atoms with Gasteiger partial charge in [0.2, 0.25) is 5.82 Å². The number of pyridine rings is 1. The fraction of sp³-hybridized carbons (Fsp3) is 0.304. The Morgan fingerprint density at radius 2 is 2.00 bits per heavy atom. The van der Waals surface area contributed by atoms with Crippen molar-refractivity contribution in [3.63, 3.8) is 0 Å². The number of hydrogen-bond acceptors (Lipinski definition) is 9. The van der Waals surface area contributed by atoms with Gasteiger partial charge < -0.3 is 15.2 Å². The Labute approximate surface area is 204 Å². The SMILES string of the molecule is Cc1csc(-c2cnc(N)c(-c3nnnn3-c3ccc(OCCN4CCOCC4)c(F)c3F)c2)c1. The van der Waals surface area contributed by atoms with Gasteiger partial charge in [-0.2, -0.15) is 9.07 Å². The Bertz CT molecular complexity index is 1340. The molecule has 1 aliphatic rings. The lowest BCUT2D eigenvalue weighted by molar-refractivity contribution is 0.0320. The van der Waals surface area contributed by atoms with Gasteiger partial charge in [-0.1, -0.05) is 0 Å². The smallest absolute Gasteiger partial charge is 0.202 e. The van der Waals surface area contributed by atoms with Crippen LogP contribution in [-0.4, -0.2) is 69.5 Å². The van der Waals surface area contributed by atoms with Crippen molar-refractivity contribution in [3.8, 4) is 33.3 Å². The maximum absolute atomic E-state index is 15.1. The first-order chi connectivity index (χ1) is 17.0. The standard InChI is InChI=1S/C23H23F2N7O2S/c1-14-10-19(35-13-14)15-11-16(22(26)27-12-15)23-28-29-30-32(23)17-2-3-18(21(25)20(17)24)34-9-6-31-4-7-33-8-5-31/h2-3,10-13H,4-9H2,1H3,(H2,26,27). The largest absolute Gasteiger partial charge is 0.489 e. The number of ether oxygens (including phenoxy) is 2. The van der Waals surface area contributed by atoms with Crippen molar-refractivity contribution in [1.82, 2.24) is 30.1 Å². The molecule has 1 fully saturated rings. The monoisotopic (exact) mass is 499 g/mol. The second-order valence-electron chi connectivity index (χ2n) is 8.07. The van der Waals surface area contributed by atoms with E-state index in [9.17, 15) is 4.39 Å². The molecule has 182 valence electrons. The van der Waals surface area contributed by atoms with Gasteiger partial charge in [-0.3, -0.25) is 4.90 Å². The molecule has 0 bridgehead atoms. The molecule has 9 nitrogen and oxygen atoms in total. The molecule has 2 N–H and O–H groups in total. The number of anilines is 1. The maximum atomic E-state index is 15.1. The minimum absolute atomic E-state index is 0.143. The molecule has 0 radical (unpaired) electrons. The van der Waals surface area contributed by atoms with E-state index < -0.39 is 11.6 Å². The number of nitrogens with two attached hydrogens (primary N) is 1. The number of nitrogen functional groups attached to an aromatic ring is 1. The van der Waals surface area contributed by atoms with Crippen LogP contribution < -0.4 is 10.5 Å². The lowest BCUT2D eigenvalue weighted by atomic mass is 10.1. The van der Waals surface area contributed by atoms with Crippen LogP contribution in [0.15, 0.2) is 35.8 Å². The predicted octanol–water partition coefficient (Wildman–Crippen LogP) is 3.33. The molecule has 0 amide bonds. The molecule has 1 aliphatic heterocycles. The topological polar surface area (TPSA) is 104 Å². The molecule has 5 rings (SSSR count). The maximum Gasteiger partial charge on any atom is 0.202 e. The lowest BCUT2D eigenvalue weighted by Crippen LogP contribution is -2.38. The highest BCUT2D eigenvalue weighted by Gasteiger charge is 2.22. The van der Waals surface area contributed by atoms with Gasteiger partial charge in [0.05, 0.1) is 18.8 Å². The van der Waals surface area contributed by atoms with Gasteiger partial charge in [0.25, 0.3) is 0 Å². The summed E-state index contributed by atoms with van der Waals surface area (Å²) in [5, 5.41) is 13.6. The van der Waals surface area contributed by atoms with E-state index >= 15 is 4.39 Å². The van der Waals surface area contributed by atoms with E-state index in [4.69, 9.17) is 15.2 Å². The highest BCUT2D eigenvalue weighted by Crippen LogP contribution is 2.33. The third kappa shape index (κ3) is 4.85. The number of morpholine rings is 1. The highest BCUT2D eigenvalue weighted by molar-refractivity contribution is 7.13. The molecule has 4 heterocycles. The van der Waals surface area contributed by atoms with Gasteiger partial charge in [-0.05, 0) is 52.6 Å². The highest BCUT2D eigenvalue weighted by atomic mass is 32.1. The summed E-state index contributed by atoms with van der Waals surface area (Å²) in [5.41, 5.74) is 8.28. The summed E-state index contributed by atoms with van der Waals surface area (Å²) < 4.78 is 41.9. The van der Waals surface area contributed by atoms with Crippen LogP contribution in [-0.2, 0) is 4.74 Å². The molecular weight excluding hydrogens is 476 g/mol. The molecule has 4 aromatic rings. The lowest BCUT2D eigenvalue weighted by Gasteiger charge is -2.26. The Balaban J connectivity index is 1.40. The molecule has 0 spiro atoms. The summed E-state index contributed by atoms with van der Waals surface area (Å²) >= 11 is 1.56. The van der Waals surface area contributed by atoms with Crippen LogP contribution in [0.4, 0.5) is 14.6 Å². The second-order valence-corrected chi connectivity index (χ2v) is 8.98. The van der Waals surface area contributed by atoms with Crippen LogP contribution in [0.1, 0.15) is 5.56 Å². The van der Waals surface area contributed by atoms with E-state index in [0.717, 1.165) is 33.8 Å². The normalized spacial score (nSPS) is 14.4. The zero-order valence-corrected chi connectivity index (χ0v) is 19.8. The number of benzene rings is 1. The fourth-order valence-corrected chi connectivity index (χ4v) is 4.68. The Hall–Kier alpha value is -3.48. The second kappa shape index (κ2) is 10.0. The minimum atomic E-state index is -1.13. The fourth-order valence-electron chi connectivity index (χ4n) is 3.80. The molecule has 0 aliphatic carbocycles. The first-order valence-corrected chi connectivity index (χ1v) is 11.9. The van der Waals surface area contributed by atoms with Crippen molar-refractivity contribution >= 4 is 17.2 Å². The van der Waals surface area contributed by atoms with Crippen LogP contribution in [0.2, 0.25) is 0 Å². The summed E-state index contributed by atoms with van der Waals surface area (Å²) in [5.74, 6) is -2.10. The molecule has 0 saturated carbocycles. The number of rotatable bonds is 7. The third-order valence-corrected chi connectivity index (χ3v) is 6.76. The predicted molar refractivity (Wildman–Crippen MR) is 128 cm³/mol. The van der Waals surface area contributed by atoms with Crippen molar-refractivity contribution < 1.29 is 18.3 Å². The summed E-state index contributed by atoms with van der Waals surface area (Å²) in [7, 11) is 0. The average Bonchev–Trinajstić information content (AvgIpc) is 3.52. The van der Waals surface area contributed by atoms with Crippen molar-refractivity contribution in [1.29, 1.82) is 0 Å².